The Morgan fingerprint density at radius 2 is 1.54 bits per heavy atom. The van der Waals surface area contributed by atoms with E-state index < -0.39 is 0 Å². The van der Waals surface area contributed by atoms with Crippen LogP contribution >= 0.6 is 0 Å². The van der Waals surface area contributed by atoms with Gasteiger partial charge in [0.15, 0.2) is 0 Å². The van der Waals surface area contributed by atoms with Gasteiger partial charge in [-0.1, -0.05) is 13.8 Å². The third-order valence-corrected chi connectivity index (χ3v) is 6.34. The smallest absolute Gasteiger partial charge is 0.239 e. The fraction of sp³-hybridized carbons (Fsp3) is 0.895. The molecule has 5 nitrogen and oxygen atoms in total. The minimum Gasteiger partial charge on any atom is -0.396 e. The second-order valence-electron chi connectivity index (χ2n) is 9.47. The number of rotatable bonds is 7. The molecule has 5 heteroatoms. The predicted molar refractivity (Wildman–Crippen MR) is 92.1 cm³/mol. The van der Waals surface area contributed by atoms with Crippen LogP contribution < -0.4 is 10.6 Å². The van der Waals surface area contributed by atoms with Gasteiger partial charge in [-0.2, -0.15) is 0 Å². The van der Waals surface area contributed by atoms with E-state index in [-0.39, 0.29) is 35.8 Å². The van der Waals surface area contributed by atoms with Crippen LogP contribution in [0.1, 0.15) is 58.8 Å². The number of aliphatic hydroxyl groups excluding tert-OH is 1. The van der Waals surface area contributed by atoms with Gasteiger partial charge in [0.05, 0.1) is 6.54 Å². The summed E-state index contributed by atoms with van der Waals surface area (Å²) >= 11 is 0. The lowest BCUT2D eigenvalue weighted by molar-refractivity contribution is -0.132. The van der Waals surface area contributed by atoms with Crippen LogP contribution in [0.2, 0.25) is 0 Å². The van der Waals surface area contributed by atoms with Crippen LogP contribution in [0.3, 0.4) is 0 Å². The lowest BCUT2D eigenvalue weighted by atomic mass is 9.49. The summed E-state index contributed by atoms with van der Waals surface area (Å²) in [6.45, 7) is 4.24. The average molecular weight is 336 g/mol. The minimum absolute atomic E-state index is 0.0195. The maximum Gasteiger partial charge on any atom is 0.239 e. The molecule has 0 aromatic carbocycles. The zero-order chi connectivity index (χ0) is 17.4. The van der Waals surface area contributed by atoms with E-state index in [0.717, 1.165) is 17.8 Å². The third kappa shape index (κ3) is 4.11. The third-order valence-electron chi connectivity index (χ3n) is 6.34. The van der Waals surface area contributed by atoms with Gasteiger partial charge in [-0.15, -0.1) is 0 Å². The molecular formula is C19H32N2O3. The van der Waals surface area contributed by atoms with Crippen molar-refractivity contribution < 1.29 is 14.7 Å². The van der Waals surface area contributed by atoms with Crippen molar-refractivity contribution >= 4 is 11.8 Å². The lowest BCUT2D eigenvalue weighted by Gasteiger charge is -2.56. The number of hydrogen-bond donors (Lipinski definition) is 3. The highest BCUT2D eigenvalue weighted by molar-refractivity contribution is 5.85. The molecule has 0 unspecified atom stereocenters. The van der Waals surface area contributed by atoms with E-state index in [0.29, 0.717) is 13.0 Å². The molecule has 0 spiro atoms. The first kappa shape index (κ1) is 17.7. The largest absolute Gasteiger partial charge is 0.396 e. The molecule has 4 rings (SSSR count). The number of hydrogen-bond acceptors (Lipinski definition) is 3. The molecule has 136 valence electrons. The molecular weight excluding hydrogens is 304 g/mol. The predicted octanol–water partition coefficient (Wildman–Crippen LogP) is 1.84. The molecule has 4 fully saturated rings. The van der Waals surface area contributed by atoms with E-state index in [9.17, 15) is 14.7 Å². The second kappa shape index (κ2) is 6.66. The molecule has 24 heavy (non-hydrogen) atoms. The quantitative estimate of drug-likeness (QED) is 0.664. The van der Waals surface area contributed by atoms with Crippen molar-refractivity contribution in [2.75, 3.05) is 19.7 Å². The van der Waals surface area contributed by atoms with Gasteiger partial charge in [-0.3, -0.25) is 9.59 Å². The Bertz CT molecular complexity index is 466. The zero-order valence-corrected chi connectivity index (χ0v) is 15.1. The summed E-state index contributed by atoms with van der Waals surface area (Å²) < 4.78 is 0. The highest BCUT2D eigenvalue weighted by Crippen LogP contribution is 2.61. The Morgan fingerprint density at radius 3 is 2.04 bits per heavy atom. The summed E-state index contributed by atoms with van der Waals surface area (Å²) in [7, 11) is 0. The molecule has 4 saturated carbocycles. The van der Waals surface area contributed by atoms with Gasteiger partial charge < -0.3 is 15.7 Å². The summed E-state index contributed by atoms with van der Waals surface area (Å²) in [6.07, 6.45) is 8.36. The minimum atomic E-state index is -0.334. The van der Waals surface area contributed by atoms with Crippen LogP contribution in [-0.4, -0.2) is 36.6 Å². The molecule has 0 radical (unpaired) electrons. The van der Waals surface area contributed by atoms with Crippen LogP contribution in [0.25, 0.3) is 0 Å². The van der Waals surface area contributed by atoms with Crippen molar-refractivity contribution in [3.05, 3.63) is 0 Å². The van der Waals surface area contributed by atoms with E-state index in [1.165, 1.54) is 38.5 Å². The summed E-state index contributed by atoms with van der Waals surface area (Å²) in [6, 6.07) is 0. The summed E-state index contributed by atoms with van der Waals surface area (Å²) in [4.78, 5) is 24.2. The van der Waals surface area contributed by atoms with Crippen molar-refractivity contribution in [1.82, 2.24) is 10.6 Å². The van der Waals surface area contributed by atoms with Crippen molar-refractivity contribution in [2.24, 2.45) is 28.6 Å². The van der Waals surface area contributed by atoms with E-state index in [1.54, 1.807) is 0 Å². The van der Waals surface area contributed by atoms with Gasteiger partial charge in [0.25, 0.3) is 0 Å². The Hall–Kier alpha value is -1.10. The Labute approximate surface area is 145 Å². The van der Waals surface area contributed by atoms with Crippen LogP contribution in [-0.2, 0) is 9.59 Å². The molecule has 4 bridgehead atoms. The van der Waals surface area contributed by atoms with Crippen LogP contribution in [0.5, 0.6) is 0 Å². The molecule has 0 aromatic heterocycles. The van der Waals surface area contributed by atoms with Crippen molar-refractivity contribution in [1.29, 1.82) is 0 Å². The van der Waals surface area contributed by atoms with E-state index in [4.69, 9.17) is 0 Å². The van der Waals surface area contributed by atoms with Crippen LogP contribution in [0.4, 0.5) is 0 Å². The van der Waals surface area contributed by atoms with Gasteiger partial charge >= 0.3 is 0 Å². The Kier molecular flexibility index (Phi) is 4.92. The summed E-state index contributed by atoms with van der Waals surface area (Å²) in [5.74, 6) is 2.36. The Balaban J connectivity index is 1.42. The van der Waals surface area contributed by atoms with E-state index >= 15 is 0 Å². The normalized spacial score (nSPS) is 34.2. The average Bonchev–Trinajstić information content (AvgIpc) is 2.49. The lowest BCUT2D eigenvalue weighted by Crippen LogP contribution is -2.48. The highest BCUT2D eigenvalue weighted by atomic mass is 16.3. The monoisotopic (exact) mass is 336 g/mol. The summed E-state index contributed by atoms with van der Waals surface area (Å²) in [5.41, 5.74) is -0.118. The van der Waals surface area contributed by atoms with E-state index in [1.807, 2.05) is 13.8 Å². The van der Waals surface area contributed by atoms with Gasteiger partial charge in [0.1, 0.15) is 0 Å². The second-order valence-corrected chi connectivity index (χ2v) is 9.47. The number of aliphatic hydroxyl groups is 1. The van der Waals surface area contributed by atoms with Crippen molar-refractivity contribution in [3.63, 3.8) is 0 Å². The topological polar surface area (TPSA) is 78.4 Å². The van der Waals surface area contributed by atoms with Crippen LogP contribution in [0, 0.1) is 28.6 Å². The maximum absolute atomic E-state index is 12.4. The number of carbonyl (C=O) groups is 2. The molecule has 4 aliphatic rings. The highest BCUT2D eigenvalue weighted by Gasteiger charge is 2.51. The molecule has 0 aromatic rings. The first-order chi connectivity index (χ1) is 11.3. The van der Waals surface area contributed by atoms with Gasteiger partial charge in [-0.05, 0) is 61.7 Å². The van der Waals surface area contributed by atoms with Gasteiger partial charge in [-0.25, -0.2) is 0 Å². The van der Waals surface area contributed by atoms with Crippen LogP contribution in [0.15, 0.2) is 0 Å². The van der Waals surface area contributed by atoms with Crippen molar-refractivity contribution in [3.8, 4) is 0 Å². The fourth-order valence-corrected chi connectivity index (χ4v) is 5.54. The molecule has 2 amide bonds. The number of nitrogens with one attached hydrogen (secondary N) is 2. The molecule has 0 heterocycles. The SMILES string of the molecule is CC(C)(CO)CNC(=O)CNC(=O)CC12CC3CC(CC(C3)C1)C2. The van der Waals surface area contributed by atoms with Crippen molar-refractivity contribution in [2.45, 2.75) is 58.8 Å². The molecule has 4 aliphatic carbocycles. The van der Waals surface area contributed by atoms with Gasteiger partial charge in [0.2, 0.25) is 11.8 Å². The first-order valence-corrected chi connectivity index (χ1v) is 9.43. The fourth-order valence-electron chi connectivity index (χ4n) is 5.54. The summed E-state index contributed by atoms with van der Waals surface area (Å²) in [5, 5.41) is 14.8. The Morgan fingerprint density at radius 1 is 1.00 bits per heavy atom. The molecule has 0 saturated heterocycles. The number of amides is 2. The van der Waals surface area contributed by atoms with Gasteiger partial charge in [0, 0.05) is 25.0 Å². The first-order valence-electron chi connectivity index (χ1n) is 9.43. The van der Waals surface area contributed by atoms with E-state index in [2.05, 4.69) is 10.6 Å². The maximum atomic E-state index is 12.4. The molecule has 0 aliphatic heterocycles. The molecule has 0 atom stereocenters. The standard InChI is InChI=1S/C19H32N2O3/c1-18(2,12-22)11-21-17(24)10-20-16(23)9-19-6-13-3-14(7-19)5-15(4-13)8-19/h13-15,22H,3-12H2,1-2H3,(H,20,23)(H,21,24). The molecule has 3 N–H and O–H groups in total. The zero-order valence-electron chi connectivity index (χ0n) is 15.1. The number of carbonyl (C=O) groups excluding carboxylic acids is 2.